The third-order valence-electron chi connectivity index (χ3n) is 14.9. The molecule has 9 atom stereocenters. The van der Waals surface area contributed by atoms with E-state index in [4.69, 9.17) is 0 Å². The highest BCUT2D eigenvalue weighted by Crippen LogP contribution is 2.68. The molecule has 0 radical (unpaired) electrons. The molecule has 0 bridgehead atoms. The van der Waals surface area contributed by atoms with Crippen molar-refractivity contribution in [2.45, 2.75) is 110 Å². The van der Waals surface area contributed by atoms with Crippen LogP contribution >= 0.6 is 0 Å². The van der Waals surface area contributed by atoms with Crippen LogP contribution in [0.15, 0.2) is 23.3 Å². The molecule has 1 aliphatic heterocycles. The summed E-state index contributed by atoms with van der Waals surface area (Å²) in [5, 5.41) is 13.8. The molecule has 0 spiro atoms. The lowest BCUT2D eigenvalue weighted by Crippen LogP contribution is -2.61. The normalized spacial score (nSPS) is 45.6. The first-order valence-electron chi connectivity index (χ1n) is 18.2. The van der Waals surface area contributed by atoms with Crippen molar-refractivity contribution in [2.24, 2.45) is 52.3 Å². The lowest BCUT2D eigenvalue weighted by molar-refractivity contribution is -0.126. The molecule has 43 heavy (non-hydrogen) atoms. The number of allylic oxidation sites excluding steroid dienone is 4. The highest BCUT2D eigenvalue weighted by molar-refractivity contribution is 7.91. The minimum atomic E-state index is -2.80. The molecule has 0 amide bonds. The summed E-state index contributed by atoms with van der Waals surface area (Å²) >= 11 is 0. The van der Waals surface area contributed by atoms with E-state index in [0.717, 1.165) is 67.9 Å². The fraction of sp³-hybridized carbons (Fsp3) is 0.892. The number of nitrogens with one attached hydrogen (secondary N) is 1. The Morgan fingerprint density at radius 1 is 0.907 bits per heavy atom. The van der Waals surface area contributed by atoms with Gasteiger partial charge < -0.3 is 15.3 Å². The molecular formula is C37H60N2O3S. The monoisotopic (exact) mass is 612 g/mol. The molecule has 5 nitrogen and oxygen atoms in total. The van der Waals surface area contributed by atoms with E-state index < -0.39 is 9.84 Å². The first-order chi connectivity index (χ1) is 20.6. The summed E-state index contributed by atoms with van der Waals surface area (Å²) in [6.45, 7) is 11.6. The number of fused-ring (bicyclic) bond motifs is 7. The minimum absolute atomic E-state index is 0.238. The van der Waals surface area contributed by atoms with Crippen LogP contribution < -0.4 is 5.32 Å². The minimum Gasteiger partial charge on any atom is -0.396 e. The maximum atomic E-state index is 11.9. The first kappa shape index (κ1) is 30.9. The highest BCUT2D eigenvalue weighted by Gasteiger charge is 2.61. The van der Waals surface area contributed by atoms with Crippen LogP contribution in [-0.4, -0.2) is 68.3 Å². The van der Waals surface area contributed by atoms with Crippen molar-refractivity contribution < 1.29 is 13.5 Å². The van der Waals surface area contributed by atoms with E-state index in [1.807, 2.05) is 0 Å². The van der Waals surface area contributed by atoms with Crippen LogP contribution in [0.5, 0.6) is 0 Å². The van der Waals surface area contributed by atoms with Crippen LogP contribution in [0.3, 0.4) is 0 Å². The van der Waals surface area contributed by atoms with Gasteiger partial charge in [-0.3, -0.25) is 0 Å². The summed E-state index contributed by atoms with van der Waals surface area (Å²) in [6.07, 6.45) is 22.4. The predicted octanol–water partition coefficient (Wildman–Crippen LogP) is 6.39. The summed E-state index contributed by atoms with van der Waals surface area (Å²) in [5.41, 5.74) is 4.26. The van der Waals surface area contributed by atoms with Gasteiger partial charge in [0.1, 0.15) is 0 Å². The van der Waals surface area contributed by atoms with Crippen LogP contribution in [0.4, 0.5) is 0 Å². The number of hydrogen-bond acceptors (Lipinski definition) is 5. The van der Waals surface area contributed by atoms with Gasteiger partial charge in [0, 0.05) is 38.3 Å². The fourth-order valence-corrected chi connectivity index (χ4v) is 14.1. The zero-order chi connectivity index (χ0) is 30.0. The molecule has 6 unspecified atom stereocenters. The lowest BCUT2D eigenvalue weighted by atomic mass is 9.41. The summed E-state index contributed by atoms with van der Waals surface area (Å²) in [4.78, 5) is 2.37. The van der Waals surface area contributed by atoms with Gasteiger partial charge in [-0.25, -0.2) is 8.42 Å². The van der Waals surface area contributed by atoms with E-state index in [2.05, 4.69) is 43.1 Å². The van der Waals surface area contributed by atoms with Crippen molar-refractivity contribution in [3.05, 3.63) is 23.3 Å². The molecular weight excluding hydrogens is 552 g/mol. The Morgan fingerprint density at radius 2 is 1.67 bits per heavy atom. The second-order valence-electron chi connectivity index (χ2n) is 17.0. The van der Waals surface area contributed by atoms with E-state index in [1.165, 1.54) is 64.2 Å². The second kappa shape index (κ2) is 11.5. The van der Waals surface area contributed by atoms with Gasteiger partial charge in [-0.05, 0) is 140 Å². The van der Waals surface area contributed by atoms with Gasteiger partial charge in [-0.15, -0.1) is 0 Å². The first-order valence-corrected chi connectivity index (χ1v) is 20.1. The van der Waals surface area contributed by atoms with Gasteiger partial charge in [0.05, 0.1) is 11.5 Å². The van der Waals surface area contributed by atoms with Crippen LogP contribution in [-0.2, 0) is 9.84 Å². The lowest BCUT2D eigenvalue weighted by Gasteiger charge is -2.64. The smallest absolute Gasteiger partial charge is 0.152 e. The predicted molar refractivity (Wildman–Crippen MR) is 175 cm³/mol. The zero-order valence-electron chi connectivity index (χ0n) is 27.5. The Bertz CT molecular complexity index is 1210. The molecule has 5 fully saturated rings. The van der Waals surface area contributed by atoms with Crippen molar-refractivity contribution in [1.82, 2.24) is 10.2 Å². The summed E-state index contributed by atoms with van der Waals surface area (Å²) in [7, 11) is -2.80. The quantitative estimate of drug-likeness (QED) is 0.364. The van der Waals surface area contributed by atoms with Crippen molar-refractivity contribution >= 4 is 9.84 Å². The number of nitrogens with zero attached hydrogens (tertiary/aromatic N) is 1. The standard InChI is InChI=1S/C37H60N2O3S/c1-35(2)31(27-8-6-26(25-40)7-9-27)15-17-36(3)32-12-10-30-28(29(32)11-13-34(35)36)14-18-37(16-4-5-33(30)37)38-19-20-39-21-23-43(41,42)24-22-39/h8,15,26,28-30,32-34,38,40H,4-7,9-14,16-25H2,1-3H3/t26-,28?,29?,30?,32?,33?,34?,36+,37-/m0/s1. The average Bonchev–Trinajstić information content (AvgIpc) is 3.42. The largest absolute Gasteiger partial charge is 0.396 e. The van der Waals surface area contributed by atoms with E-state index in [0.29, 0.717) is 48.1 Å². The molecule has 7 aliphatic rings. The third-order valence-corrected chi connectivity index (χ3v) is 16.5. The van der Waals surface area contributed by atoms with Crippen LogP contribution in [0.1, 0.15) is 104 Å². The molecule has 4 saturated carbocycles. The molecule has 7 rings (SSSR count). The molecule has 1 heterocycles. The summed E-state index contributed by atoms with van der Waals surface area (Å²) in [6, 6.07) is 0. The summed E-state index contributed by atoms with van der Waals surface area (Å²) in [5.74, 6) is 6.37. The molecule has 1 saturated heterocycles. The maximum absolute atomic E-state index is 11.9. The van der Waals surface area contributed by atoms with Crippen LogP contribution in [0.25, 0.3) is 0 Å². The Labute approximate surface area is 262 Å². The van der Waals surface area contributed by atoms with Gasteiger partial charge in [0.15, 0.2) is 9.84 Å². The Kier molecular flexibility index (Phi) is 8.29. The number of rotatable bonds is 6. The third kappa shape index (κ3) is 5.34. The van der Waals surface area contributed by atoms with Crippen molar-refractivity contribution in [1.29, 1.82) is 0 Å². The van der Waals surface area contributed by atoms with E-state index in [9.17, 15) is 13.5 Å². The number of sulfone groups is 1. The Balaban J connectivity index is 1.03. The van der Waals surface area contributed by atoms with Crippen LogP contribution in [0, 0.1) is 52.3 Å². The molecule has 0 aromatic rings. The maximum Gasteiger partial charge on any atom is 0.152 e. The summed E-state index contributed by atoms with van der Waals surface area (Å²) < 4.78 is 23.7. The van der Waals surface area contributed by atoms with Crippen molar-refractivity contribution in [3.63, 3.8) is 0 Å². The van der Waals surface area contributed by atoms with Gasteiger partial charge in [0.25, 0.3) is 0 Å². The van der Waals surface area contributed by atoms with Gasteiger partial charge in [-0.2, -0.15) is 0 Å². The van der Waals surface area contributed by atoms with Crippen LogP contribution in [0.2, 0.25) is 0 Å². The molecule has 2 N–H and O–H groups in total. The van der Waals surface area contributed by atoms with Crippen molar-refractivity contribution in [2.75, 3.05) is 44.3 Å². The topological polar surface area (TPSA) is 69.6 Å². The molecule has 6 aliphatic carbocycles. The molecule has 0 aromatic heterocycles. The Hall–Kier alpha value is -0.690. The average molecular weight is 613 g/mol. The number of aliphatic hydroxyl groups excluding tert-OH is 1. The van der Waals surface area contributed by atoms with E-state index >= 15 is 0 Å². The number of aliphatic hydroxyl groups is 1. The fourth-order valence-electron chi connectivity index (χ4n) is 12.8. The van der Waals surface area contributed by atoms with Gasteiger partial charge in [-0.1, -0.05) is 39.3 Å². The van der Waals surface area contributed by atoms with Gasteiger partial charge >= 0.3 is 0 Å². The molecule has 0 aromatic carbocycles. The van der Waals surface area contributed by atoms with Gasteiger partial charge in [0.2, 0.25) is 0 Å². The highest BCUT2D eigenvalue weighted by atomic mass is 32.2. The van der Waals surface area contributed by atoms with E-state index in [-0.39, 0.29) is 5.41 Å². The second-order valence-corrected chi connectivity index (χ2v) is 19.3. The van der Waals surface area contributed by atoms with E-state index in [1.54, 1.807) is 11.1 Å². The zero-order valence-corrected chi connectivity index (χ0v) is 28.3. The Morgan fingerprint density at radius 3 is 2.42 bits per heavy atom. The molecule has 6 heteroatoms. The van der Waals surface area contributed by atoms with Crippen molar-refractivity contribution in [3.8, 4) is 0 Å². The SMILES string of the molecule is CC1(C)C(C2=CC[C@H](CO)CC2)=CC[C@]2(C)C3CCC4C(CC[C@@]5(NCCN6CCS(=O)(=O)CC6)CCCC45)C3CCC12. The molecule has 242 valence electrons. The number of hydrogen-bond donors (Lipinski definition) is 2.